The Bertz CT molecular complexity index is 710. The van der Waals surface area contributed by atoms with Crippen molar-refractivity contribution in [3.05, 3.63) is 63.2 Å². The summed E-state index contributed by atoms with van der Waals surface area (Å²) in [6, 6.07) is 12.5. The molecule has 2 aromatic rings. The summed E-state index contributed by atoms with van der Waals surface area (Å²) in [7, 11) is 0. The number of nitro groups is 1. The van der Waals surface area contributed by atoms with Gasteiger partial charge in [0, 0.05) is 31.1 Å². The van der Waals surface area contributed by atoms with Gasteiger partial charge in [0.25, 0.3) is 5.69 Å². The van der Waals surface area contributed by atoms with E-state index in [1.807, 2.05) is 24.3 Å². The van der Waals surface area contributed by atoms with Crippen molar-refractivity contribution in [2.75, 3.05) is 18.0 Å². The van der Waals surface area contributed by atoms with Crippen molar-refractivity contribution in [3.8, 4) is 0 Å². The van der Waals surface area contributed by atoms with Gasteiger partial charge in [-0.25, -0.2) is 0 Å². The number of hydrogen-bond acceptors (Lipinski definition) is 4. The van der Waals surface area contributed by atoms with E-state index in [-0.39, 0.29) is 10.7 Å². The van der Waals surface area contributed by atoms with Crippen LogP contribution in [-0.4, -0.2) is 24.2 Å². The predicted molar refractivity (Wildman–Crippen MR) is 95.4 cm³/mol. The third-order valence-electron chi connectivity index (χ3n) is 3.51. The highest BCUT2D eigenvalue weighted by molar-refractivity contribution is 6.32. The van der Waals surface area contributed by atoms with Crippen molar-refractivity contribution in [2.24, 2.45) is 4.99 Å². The third-order valence-corrected chi connectivity index (χ3v) is 3.83. The minimum absolute atomic E-state index is 0.109. The van der Waals surface area contributed by atoms with Gasteiger partial charge in [0.05, 0.1) is 10.6 Å². The van der Waals surface area contributed by atoms with Crippen LogP contribution in [0.25, 0.3) is 0 Å². The molecule has 2 rings (SSSR count). The van der Waals surface area contributed by atoms with Crippen LogP contribution in [0.4, 0.5) is 17.1 Å². The van der Waals surface area contributed by atoms with Gasteiger partial charge < -0.3 is 4.90 Å². The van der Waals surface area contributed by atoms with Gasteiger partial charge in [-0.05, 0) is 43.7 Å². The molecule has 0 heterocycles. The van der Waals surface area contributed by atoms with Gasteiger partial charge in [0.2, 0.25) is 0 Å². The summed E-state index contributed by atoms with van der Waals surface area (Å²) in [5.74, 6) is 0. The van der Waals surface area contributed by atoms with Gasteiger partial charge in [0.1, 0.15) is 5.02 Å². The number of halogens is 1. The van der Waals surface area contributed by atoms with Crippen LogP contribution in [0.1, 0.15) is 19.4 Å². The average Bonchev–Trinajstić information content (AvgIpc) is 2.56. The molecule has 0 saturated carbocycles. The first-order valence-corrected chi connectivity index (χ1v) is 7.76. The molecule has 0 radical (unpaired) electrons. The first kappa shape index (κ1) is 17.0. The zero-order valence-electron chi connectivity index (χ0n) is 13.1. The molecular formula is C17H18ClN3O2. The van der Waals surface area contributed by atoms with Gasteiger partial charge >= 0.3 is 0 Å². The van der Waals surface area contributed by atoms with Crippen molar-refractivity contribution in [1.29, 1.82) is 0 Å². The maximum absolute atomic E-state index is 10.9. The maximum Gasteiger partial charge on any atom is 0.290 e. The van der Waals surface area contributed by atoms with Crippen molar-refractivity contribution >= 4 is 34.9 Å². The van der Waals surface area contributed by atoms with Crippen molar-refractivity contribution in [2.45, 2.75) is 13.8 Å². The van der Waals surface area contributed by atoms with Gasteiger partial charge in [-0.2, -0.15) is 0 Å². The fourth-order valence-electron chi connectivity index (χ4n) is 2.23. The van der Waals surface area contributed by atoms with E-state index >= 15 is 0 Å². The van der Waals surface area contributed by atoms with Gasteiger partial charge in [-0.1, -0.05) is 23.7 Å². The fourth-order valence-corrected chi connectivity index (χ4v) is 2.42. The summed E-state index contributed by atoms with van der Waals surface area (Å²) >= 11 is 5.78. The Morgan fingerprint density at radius 2 is 1.83 bits per heavy atom. The summed E-state index contributed by atoms with van der Waals surface area (Å²) in [6.45, 7) is 6.15. The molecule has 5 nitrogen and oxygen atoms in total. The van der Waals surface area contributed by atoms with Crippen LogP contribution in [-0.2, 0) is 0 Å². The van der Waals surface area contributed by atoms with Crippen LogP contribution in [0.2, 0.25) is 5.02 Å². The third kappa shape index (κ3) is 4.29. The number of hydrogen-bond donors (Lipinski definition) is 0. The number of aliphatic imine (C=N–C) groups is 1. The van der Waals surface area contributed by atoms with E-state index in [2.05, 4.69) is 23.7 Å². The quantitative estimate of drug-likeness (QED) is 0.432. The number of rotatable bonds is 6. The molecule has 0 N–H and O–H groups in total. The first-order chi connectivity index (χ1) is 11.0. The molecule has 23 heavy (non-hydrogen) atoms. The molecule has 0 aromatic heterocycles. The topological polar surface area (TPSA) is 58.7 Å². The number of nitro benzene ring substituents is 1. The summed E-state index contributed by atoms with van der Waals surface area (Å²) in [5.41, 5.74) is 2.44. The smallest absolute Gasteiger partial charge is 0.290 e. The van der Waals surface area contributed by atoms with E-state index in [1.165, 1.54) is 12.1 Å². The number of benzene rings is 2. The Morgan fingerprint density at radius 3 is 2.39 bits per heavy atom. The Balaban J connectivity index is 2.17. The average molecular weight is 332 g/mol. The maximum atomic E-state index is 10.9. The summed E-state index contributed by atoms with van der Waals surface area (Å²) in [6.07, 6.45) is 1.68. The van der Waals surface area contributed by atoms with Crippen LogP contribution in [0.3, 0.4) is 0 Å². The molecule has 0 spiro atoms. The molecular weight excluding hydrogens is 314 g/mol. The zero-order chi connectivity index (χ0) is 16.8. The van der Waals surface area contributed by atoms with Gasteiger partial charge in [-0.3, -0.25) is 15.1 Å². The van der Waals surface area contributed by atoms with Gasteiger partial charge in [-0.15, -0.1) is 0 Å². The lowest BCUT2D eigenvalue weighted by atomic mass is 10.2. The molecule has 2 aromatic carbocycles. The molecule has 0 amide bonds. The molecule has 0 atom stereocenters. The molecule has 0 aliphatic rings. The summed E-state index contributed by atoms with van der Waals surface area (Å²) < 4.78 is 0. The molecule has 120 valence electrons. The van der Waals surface area contributed by atoms with E-state index in [4.69, 9.17) is 11.6 Å². The normalized spacial score (nSPS) is 10.9. The fraction of sp³-hybridized carbons (Fsp3) is 0.235. The zero-order valence-corrected chi connectivity index (χ0v) is 13.8. The van der Waals surface area contributed by atoms with Crippen LogP contribution in [0.15, 0.2) is 47.5 Å². The van der Waals surface area contributed by atoms with Crippen molar-refractivity contribution in [1.82, 2.24) is 0 Å². The minimum atomic E-state index is -0.514. The second kappa shape index (κ2) is 7.74. The highest BCUT2D eigenvalue weighted by atomic mass is 35.5. The van der Waals surface area contributed by atoms with E-state index in [0.29, 0.717) is 5.69 Å². The van der Waals surface area contributed by atoms with Crippen molar-refractivity contribution in [3.63, 3.8) is 0 Å². The highest BCUT2D eigenvalue weighted by Gasteiger charge is 2.12. The molecule has 0 bridgehead atoms. The highest BCUT2D eigenvalue weighted by Crippen LogP contribution is 2.28. The minimum Gasteiger partial charge on any atom is -0.372 e. The van der Waals surface area contributed by atoms with E-state index in [0.717, 1.165) is 24.3 Å². The lowest BCUT2D eigenvalue weighted by Gasteiger charge is -2.20. The molecule has 0 aliphatic heterocycles. The largest absolute Gasteiger partial charge is 0.372 e. The Kier molecular flexibility index (Phi) is 5.71. The van der Waals surface area contributed by atoms with Crippen LogP contribution in [0.5, 0.6) is 0 Å². The standard InChI is InChI=1S/C17H18ClN3O2/c1-3-20(4-2)15-8-5-13(6-9-15)12-19-14-7-10-16(18)17(11-14)21(22)23/h5-12H,3-4H2,1-2H3. The molecule has 0 unspecified atom stereocenters. The van der Waals surface area contributed by atoms with Crippen LogP contribution >= 0.6 is 11.6 Å². The summed E-state index contributed by atoms with van der Waals surface area (Å²) in [4.78, 5) is 16.9. The lowest BCUT2D eigenvalue weighted by molar-refractivity contribution is -0.384. The summed E-state index contributed by atoms with van der Waals surface area (Å²) in [5, 5.41) is 11.0. The number of anilines is 1. The SMILES string of the molecule is CCN(CC)c1ccc(C=Nc2ccc(Cl)c([N+](=O)[O-])c2)cc1. The molecule has 0 saturated heterocycles. The van der Waals surface area contributed by atoms with Crippen molar-refractivity contribution < 1.29 is 4.92 Å². The van der Waals surface area contributed by atoms with E-state index in [9.17, 15) is 10.1 Å². The Labute approximate surface area is 140 Å². The number of nitrogens with zero attached hydrogens (tertiary/aromatic N) is 3. The van der Waals surface area contributed by atoms with Gasteiger partial charge in [0.15, 0.2) is 0 Å². The Hall–Kier alpha value is -2.40. The monoisotopic (exact) mass is 331 g/mol. The molecule has 6 heteroatoms. The van der Waals surface area contributed by atoms with Crippen LogP contribution in [0, 0.1) is 10.1 Å². The van der Waals surface area contributed by atoms with Crippen LogP contribution < -0.4 is 4.90 Å². The van der Waals surface area contributed by atoms with E-state index in [1.54, 1.807) is 12.3 Å². The molecule has 0 fully saturated rings. The first-order valence-electron chi connectivity index (χ1n) is 7.38. The second-order valence-electron chi connectivity index (χ2n) is 4.91. The second-order valence-corrected chi connectivity index (χ2v) is 5.32. The molecule has 0 aliphatic carbocycles. The Morgan fingerprint density at radius 1 is 1.17 bits per heavy atom. The predicted octanol–water partition coefficient (Wildman–Crippen LogP) is 4.85. The lowest BCUT2D eigenvalue weighted by Crippen LogP contribution is -2.21. The van der Waals surface area contributed by atoms with E-state index < -0.39 is 4.92 Å².